The van der Waals surface area contributed by atoms with Gasteiger partial charge in [0.05, 0.1) is 20.1 Å². The molecule has 0 saturated carbocycles. The van der Waals surface area contributed by atoms with Crippen LogP contribution in [-0.2, 0) is 19.1 Å². The second-order valence-corrected chi connectivity index (χ2v) is 6.42. The average Bonchev–Trinajstić information content (AvgIpc) is 2.63. The minimum Gasteiger partial charge on any atom is -0.469 e. The molecule has 0 bridgehead atoms. The quantitative estimate of drug-likeness (QED) is 0.556. The molecular weight excluding hydrogens is 348 g/mol. The number of carbonyl (C=O) groups excluding carboxylic acids is 3. The molecule has 1 rings (SSSR count). The van der Waals surface area contributed by atoms with Gasteiger partial charge in [-0.2, -0.15) is 0 Å². The largest absolute Gasteiger partial charge is 0.469 e. The highest BCUT2D eigenvalue weighted by Crippen LogP contribution is 2.13. The molecule has 0 spiro atoms. The number of dihydropyridines is 1. The van der Waals surface area contributed by atoms with E-state index in [9.17, 15) is 14.4 Å². The molecule has 0 unspecified atom stereocenters. The molecule has 0 aromatic heterocycles. The van der Waals surface area contributed by atoms with Gasteiger partial charge in [0.15, 0.2) is 0 Å². The number of carbonyl (C=O) groups is 3. The summed E-state index contributed by atoms with van der Waals surface area (Å²) in [5.41, 5.74) is 2.16. The van der Waals surface area contributed by atoms with Crippen molar-refractivity contribution in [1.82, 2.24) is 15.5 Å². The van der Waals surface area contributed by atoms with Crippen molar-refractivity contribution in [1.29, 1.82) is 0 Å². The highest BCUT2D eigenvalue weighted by molar-refractivity contribution is 5.95. The topological polar surface area (TPSA) is 100 Å². The molecule has 0 radical (unpaired) electrons. The Bertz CT molecular complexity index is 625. The van der Waals surface area contributed by atoms with Gasteiger partial charge in [-0.15, -0.1) is 0 Å². The van der Waals surface area contributed by atoms with Crippen LogP contribution in [0.4, 0.5) is 0 Å². The fraction of sp³-hybridized carbons (Fsp3) is 0.579. The molecule has 27 heavy (non-hydrogen) atoms. The lowest BCUT2D eigenvalue weighted by atomic mass is 10.1. The van der Waals surface area contributed by atoms with E-state index in [-0.39, 0.29) is 31.3 Å². The van der Waals surface area contributed by atoms with Crippen molar-refractivity contribution >= 4 is 23.6 Å². The zero-order valence-electron chi connectivity index (χ0n) is 16.5. The first-order chi connectivity index (χ1) is 12.8. The van der Waals surface area contributed by atoms with Crippen molar-refractivity contribution in [3.05, 3.63) is 23.9 Å². The van der Waals surface area contributed by atoms with Crippen molar-refractivity contribution in [2.24, 2.45) is 4.99 Å². The summed E-state index contributed by atoms with van der Waals surface area (Å²) in [5.74, 6) is -0.0456. The highest BCUT2D eigenvalue weighted by Gasteiger charge is 2.14. The molecule has 0 saturated heterocycles. The first kappa shape index (κ1) is 22.4. The average molecular weight is 378 g/mol. The molecule has 0 atom stereocenters. The summed E-state index contributed by atoms with van der Waals surface area (Å²) in [6.45, 7) is 9.46. The fourth-order valence-electron chi connectivity index (χ4n) is 2.48. The molecule has 150 valence electrons. The van der Waals surface area contributed by atoms with E-state index >= 15 is 0 Å². The molecule has 1 heterocycles. The van der Waals surface area contributed by atoms with Crippen LogP contribution in [0.2, 0.25) is 0 Å². The van der Waals surface area contributed by atoms with Crippen molar-refractivity contribution in [2.45, 2.75) is 39.5 Å². The van der Waals surface area contributed by atoms with Gasteiger partial charge in [0, 0.05) is 31.8 Å². The number of hydrogen-bond donors (Lipinski definition) is 2. The lowest BCUT2D eigenvalue weighted by molar-refractivity contribution is -0.140. The van der Waals surface area contributed by atoms with Crippen LogP contribution in [0.15, 0.2) is 28.9 Å². The number of amidine groups is 1. The first-order valence-electron chi connectivity index (χ1n) is 9.08. The Morgan fingerprint density at radius 3 is 2.63 bits per heavy atom. The summed E-state index contributed by atoms with van der Waals surface area (Å²) in [6.07, 6.45) is 4.04. The maximum Gasteiger partial charge on any atom is 0.307 e. The van der Waals surface area contributed by atoms with Gasteiger partial charge in [0.25, 0.3) is 0 Å². The molecule has 8 heteroatoms. The predicted molar refractivity (Wildman–Crippen MR) is 104 cm³/mol. The SMILES string of the molecule is C=C(C)N(CCCC(=O)NCC(=O)NCCC(=O)OC)C1=NCCC(C)=C1. The highest BCUT2D eigenvalue weighted by atomic mass is 16.5. The molecule has 0 aromatic rings. The van der Waals surface area contributed by atoms with Crippen molar-refractivity contribution < 1.29 is 19.1 Å². The Morgan fingerprint density at radius 2 is 2.00 bits per heavy atom. The zero-order valence-corrected chi connectivity index (χ0v) is 16.5. The molecule has 8 nitrogen and oxygen atoms in total. The van der Waals surface area contributed by atoms with Crippen LogP contribution >= 0.6 is 0 Å². The number of methoxy groups -OCH3 is 1. The second-order valence-electron chi connectivity index (χ2n) is 6.42. The van der Waals surface area contributed by atoms with Gasteiger partial charge in [0.2, 0.25) is 11.8 Å². The Morgan fingerprint density at radius 1 is 1.26 bits per heavy atom. The smallest absolute Gasteiger partial charge is 0.307 e. The molecule has 2 N–H and O–H groups in total. The van der Waals surface area contributed by atoms with Crippen LogP contribution in [-0.4, -0.2) is 61.8 Å². The molecule has 0 aliphatic carbocycles. The lowest BCUT2D eigenvalue weighted by Gasteiger charge is -2.26. The van der Waals surface area contributed by atoms with Crippen molar-refractivity contribution in [2.75, 3.05) is 33.3 Å². The number of rotatable bonds is 10. The molecule has 2 amide bonds. The summed E-state index contributed by atoms with van der Waals surface area (Å²) in [4.78, 5) is 41.0. The standard InChI is InChI=1S/C19H30N4O4/c1-14(2)23(16-12-15(3)7-9-20-16)11-5-6-17(24)22-13-18(25)21-10-8-19(26)27-4/h12H,1,5-11,13H2,2-4H3,(H,21,25)(H,22,24). The van der Waals surface area contributed by atoms with Crippen LogP contribution in [0.1, 0.15) is 39.5 Å². The Balaban J connectivity index is 2.28. The van der Waals surface area contributed by atoms with E-state index in [0.29, 0.717) is 19.4 Å². The normalized spacial score (nSPS) is 13.1. The van der Waals surface area contributed by atoms with E-state index < -0.39 is 5.97 Å². The summed E-state index contributed by atoms with van der Waals surface area (Å²) >= 11 is 0. The van der Waals surface area contributed by atoms with Gasteiger partial charge in [-0.25, -0.2) is 0 Å². The molecular formula is C19H30N4O4. The van der Waals surface area contributed by atoms with Gasteiger partial charge < -0.3 is 20.3 Å². The van der Waals surface area contributed by atoms with E-state index in [2.05, 4.69) is 39.9 Å². The van der Waals surface area contributed by atoms with E-state index in [1.165, 1.54) is 12.7 Å². The van der Waals surface area contributed by atoms with E-state index in [1.54, 1.807) is 0 Å². The second kappa shape index (κ2) is 11.9. The zero-order chi connectivity index (χ0) is 20.2. The van der Waals surface area contributed by atoms with Crippen LogP contribution in [0.25, 0.3) is 0 Å². The Kier molecular flexibility index (Phi) is 9.85. The third-order valence-electron chi connectivity index (χ3n) is 4.00. The number of ether oxygens (including phenoxy) is 1. The van der Waals surface area contributed by atoms with Crippen LogP contribution in [0.5, 0.6) is 0 Å². The lowest BCUT2D eigenvalue weighted by Crippen LogP contribution is -2.38. The van der Waals surface area contributed by atoms with Crippen LogP contribution in [0.3, 0.4) is 0 Å². The van der Waals surface area contributed by atoms with Gasteiger partial charge in [-0.1, -0.05) is 12.2 Å². The summed E-state index contributed by atoms with van der Waals surface area (Å²) in [5, 5.41) is 5.12. The number of allylic oxidation sites excluding steroid dienone is 1. The third-order valence-corrected chi connectivity index (χ3v) is 4.00. The number of amides is 2. The molecule has 1 aliphatic heterocycles. The van der Waals surface area contributed by atoms with E-state index in [4.69, 9.17) is 0 Å². The van der Waals surface area contributed by atoms with E-state index in [0.717, 1.165) is 24.5 Å². The maximum absolute atomic E-state index is 11.9. The van der Waals surface area contributed by atoms with Crippen molar-refractivity contribution in [3.8, 4) is 0 Å². The third kappa shape index (κ3) is 9.03. The van der Waals surface area contributed by atoms with Crippen molar-refractivity contribution in [3.63, 3.8) is 0 Å². The molecule has 0 aromatic carbocycles. The van der Waals surface area contributed by atoms with Crippen LogP contribution < -0.4 is 10.6 Å². The summed E-state index contributed by atoms with van der Waals surface area (Å²) < 4.78 is 4.48. The van der Waals surface area contributed by atoms with Gasteiger partial charge >= 0.3 is 5.97 Å². The minimum atomic E-state index is -0.394. The van der Waals surface area contributed by atoms with Gasteiger partial charge in [-0.05, 0) is 32.8 Å². The van der Waals surface area contributed by atoms with Crippen LogP contribution in [0, 0.1) is 0 Å². The predicted octanol–water partition coefficient (Wildman–Crippen LogP) is 1.15. The molecule has 0 fully saturated rings. The number of hydrogen-bond acceptors (Lipinski definition) is 6. The summed E-state index contributed by atoms with van der Waals surface area (Å²) in [7, 11) is 1.29. The molecule has 1 aliphatic rings. The first-order valence-corrected chi connectivity index (χ1v) is 9.08. The fourth-order valence-corrected chi connectivity index (χ4v) is 2.48. The van der Waals surface area contributed by atoms with Gasteiger partial charge in [0.1, 0.15) is 5.84 Å². The Labute approximate surface area is 160 Å². The number of nitrogens with zero attached hydrogens (tertiary/aromatic N) is 2. The monoisotopic (exact) mass is 378 g/mol. The summed E-state index contributed by atoms with van der Waals surface area (Å²) in [6, 6.07) is 0. The van der Waals surface area contributed by atoms with E-state index in [1.807, 2.05) is 11.8 Å². The number of nitrogens with one attached hydrogen (secondary N) is 2. The maximum atomic E-state index is 11.9. The Hall–Kier alpha value is -2.64. The minimum absolute atomic E-state index is 0.102. The number of aliphatic imine (C=N–C) groups is 1. The van der Waals surface area contributed by atoms with Gasteiger partial charge in [-0.3, -0.25) is 19.4 Å². The number of esters is 1.